The lowest BCUT2D eigenvalue weighted by molar-refractivity contribution is -0.921. The second-order valence-electron chi connectivity index (χ2n) is 7.41. The van der Waals surface area contributed by atoms with Gasteiger partial charge in [0, 0.05) is 16.8 Å². The van der Waals surface area contributed by atoms with Gasteiger partial charge in [-0.2, -0.15) is 0 Å². The van der Waals surface area contributed by atoms with Gasteiger partial charge in [-0.25, -0.2) is 4.79 Å². The molecule has 7 nitrogen and oxygen atoms in total. The number of Topliss-reactive ketones (excluding diaryl/α,β-unsaturated/α-hetero) is 1. The largest absolute Gasteiger partial charge is 0.449 e. The van der Waals surface area contributed by atoms with E-state index in [4.69, 9.17) is 9.47 Å². The molecule has 1 saturated heterocycles. The molecule has 0 aromatic heterocycles. The highest BCUT2D eigenvalue weighted by Crippen LogP contribution is 2.13. The number of rotatable bonds is 7. The molecule has 1 fully saturated rings. The number of hydrogen-bond acceptors (Lipinski definition) is 5. The number of hydrogen-bond donors (Lipinski definition) is 2. The van der Waals surface area contributed by atoms with Crippen LogP contribution >= 0.6 is 0 Å². The van der Waals surface area contributed by atoms with E-state index in [0.29, 0.717) is 16.8 Å². The number of quaternary nitrogens is 1. The van der Waals surface area contributed by atoms with E-state index in [9.17, 15) is 14.4 Å². The Hall–Kier alpha value is -3.03. The molecule has 1 atom stereocenters. The van der Waals surface area contributed by atoms with Gasteiger partial charge in [0.25, 0.3) is 5.91 Å². The van der Waals surface area contributed by atoms with Crippen molar-refractivity contribution in [2.45, 2.75) is 26.5 Å². The molecule has 1 aliphatic rings. The molecule has 3 rings (SSSR count). The van der Waals surface area contributed by atoms with E-state index < -0.39 is 18.0 Å². The number of esters is 1. The molecular weight excluding hydrogens is 384 g/mol. The number of morpholine rings is 1. The third kappa shape index (κ3) is 5.98. The molecule has 0 spiro atoms. The quantitative estimate of drug-likeness (QED) is 0.533. The number of nitrogens with one attached hydrogen (secondary N) is 2. The normalized spacial score (nSPS) is 15.3. The van der Waals surface area contributed by atoms with E-state index in [2.05, 4.69) is 5.32 Å². The fourth-order valence-electron chi connectivity index (χ4n) is 3.23. The summed E-state index contributed by atoms with van der Waals surface area (Å²) in [6.45, 7) is 7.36. The Balaban J connectivity index is 1.53. The summed E-state index contributed by atoms with van der Waals surface area (Å²) in [7, 11) is 0. The summed E-state index contributed by atoms with van der Waals surface area (Å²) in [5.74, 6) is -1.11. The van der Waals surface area contributed by atoms with Crippen LogP contribution in [0.2, 0.25) is 0 Å². The summed E-state index contributed by atoms with van der Waals surface area (Å²) in [4.78, 5) is 37.7. The van der Waals surface area contributed by atoms with Crippen molar-refractivity contribution in [3.8, 4) is 0 Å². The van der Waals surface area contributed by atoms with Gasteiger partial charge < -0.3 is 19.7 Å². The molecule has 1 heterocycles. The zero-order valence-corrected chi connectivity index (χ0v) is 17.3. The highest BCUT2D eigenvalue weighted by molar-refractivity contribution is 5.99. The van der Waals surface area contributed by atoms with Gasteiger partial charge >= 0.3 is 5.97 Å². The van der Waals surface area contributed by atoms with Crippen molar-refractivity contribution in [3.05, 3.63) is 65.2 Å². The van der Waals surface area contributed by atoms with Crippen molar-refractivity contribution in [2.24, 2.45) is 0 Å². The second-order valence-corrected chi connectivity index (χ2v) is 7.41. The Kier molecular flexibility index (Phi) is 7.32. The number of carbonyl (C=O) groups is 3. The third-order valence-corrected chi connectivity index (χ3v) is 5.03. The number of carbonyl (C=O) groups excluding carboxylic acids is 3. The van der Waals surface area contributed by atoms with Crippen molar-refractivity contribution >= 4 is 23.3 Å². The molecule has 2 aromatic rings. The molecule has 7 heteroatoms. The number of anilines is 1. The molecule has 2 aromatic carbocycles. The SMILES string of the molecule is CC(=O)c1cccc(NC(=O)[C@H](C)OC(=O)c2ccc(C[NH+]3CCOCC3)cc2)c1. The van der Waals surface area contributed by atoms with Crippen LogP contribution in [0.4, 0.5) is 5.69 Å². The summed E-state index contributed by atoms with van der Waals surface area (Å²) in [6.07, 6.45) is -0.976. The Morgan fingerprint density at radius 2 is 1.77 bits per heavy atom. The van der Waals surface area contributed by atoms with E-state index >= 15 is 0 Å². The Morgan fingerprint density at radius 1 is 1.07 bits per heavy atom. The minimum absolute atomic E-state index is 0.0933. The first-order valence-electron chi connectivity index (χ1n) is 10.1. The lowest BCUT2D eigenvalue weighted by Gasteiger charge is -2.23. The average Bonchev–Trinajstić information content (AvgIpc) is 2.75. The molecule has 158 valence electrons. The molecule has 1 aliphatic heterocycles. The summed E-state index contributed by atoms with van der Waals surface area (Å²) >= 11 is 0. The van der Waals surface area contributed by atoms with Crippen LogP contribution in [-0.4, -0.2) is 50.1 Å². The summed E-state index contributed by atoms with van der Waals surface area (Å²) in [5, 5.41) is 2.67. The van der Waals surface area contributed by atoms with Crippen molar-refractivity contribution in [2.75, 3.05) is 31.6 Å². The number of ether oxygens (including phenoxy) is 2. The second kappa shape index (κ2) is 10.1. The van der Waals surface area contributed by atoms with E-state index in [1.807, 2.05) is 12.1 Å². The third-order valence-electron chi connectivity index (χ3n) is 5.03. The van der Waals surface area contributed by atoms with Gasteiger partial charge in [0.2, 0.25) is 0 Å². The summed E-state index contributed by atoms with van der Waals surface area (Å²) < 4.78 is 10.7. The highest BCUT2D eigenvalue weighted by Gasteiger charge is 2.20. The zero-order valence-electron chi connectivity index (χ0n) is 17.3. The lowest BCUT2D eigenvalue weighted by atomic mass is 10.1. The first-order valence-corrected chi connectivity index (χ1v) is 10.1. The monoisotopic (exact) mass is 411 g/mol. The maximum atomic E-state index is 12.4. The number of amides is 1. The predicted octanol–water partition coefficient (Wildman–Crippen LogP) is 1.49. The smallest absolute Gasteiger partial charge is 0.338 e. The van der Waals surface area contributed by atoms with Crippen LogP contribution < -0.4 is 10.2 Å². The van der Waals surface area contributed by atoms with E-state index in [1.54, 1.807) is 36.4 Å². The standard InChI is InChI=1S/C23H26N2O5/c1-16(26)20-4-3-5-21(14-20)24-22(27)17(2)30-23(28)19-8-6-18(7-9-19)15-25-10-12-29-13-11-25/h3-9,14,17H,10-13,15H2,1-2H3,(H,24,27)/p+1/t17-/m0/s1. The molecule has 30 heavy (non-hydrogen) atoms. The first kappa shape index (κ1) is 21.7. The highest BCUT2D eigenvalue weighted by atomic mass is 16.5. The van der Waals surface area contributed by atoms with Gasteiger partial charge in [-0.15, -0.1) is 0 Å². The topological polar surface area (TPSA) is 86.1 Å². The van der Waals surface area contributed by atoms with Crippen LogP contribution in [0.5, 0.6) is 0 Å². The maximum absolute atomic E-state index is 12.4. The van der Waals surface area contributed by atoms with E-state index in [0.717, 1.165) is 38.4 Å². The number of ketones is 1. The van der Waals surface area contributed by atoms with Crippen LogP contribution in [0.1, 0.15) is 40.1 Å². The van der Waals surface area contributed by atoms with Gasteiger partial charge in [0.1, 0.15) is 19.6 Å². The first-order chi connectivity index (χ1) is 14.4. The Morgan fingerprint density at radius 3 is 2.43 bits per heavy atom. The van der Waals surface area contributed by atoms with Gasteiger partial charge in [-0.1, -0.05) is 24.3 Å². The number of benzene rings is 2. The average molecular weight is 411 g/mol. The molecular formula is C23H27N2O5+. The fourth-order valence-corrected chi connectivity index (χ4v) is 3.23. The summed E-state index contributed by atoms with van der Waals surface area (Å²) in [5.41, 5.74) is 2.51. The molecule has 0 saturated carbocycles. The van der Waals surface area contributed by atoms with Gasteiger partial charge in [-0.05, 0) is 38.1 Å². The van der Waals surface area contributed by atoms with Crippen LogP contribution in [-0.2, 0) is 20.8 Å². The minimum Gasteiger partial charge on any atom is -0.449 e. The van der Waals surface area contributed by atoms with Crippen LogP contribution in [0.15, 0.2) is 48.5 Å². The van der Waals surface area contributed by atoms with Crippen LogP contribution in [0.3, 0.4) is 0 Å². The molecule has 0 aliphatic carbocycles. The van der Waals surface area contributed by atoms with Gasteiger partial charge in [0.15, 0.2) is 11.9 Å². The van der Waals surface area contributed by atoms with Crippen LogP contribution in [0.25, 0.3) is 0 Å². The Labute approximate surface area is 176 Å². The van der Waals surface area contributed by atoms with Crippen LogP contribution in [0, 0.1) is 0 Å². The molecule has 2 N–H and O–H groups in total. The van der Waals surface area contributed by atoms with Gasteiger partial charge in [0.05, 0.1) is 18.8 Å². The zero-order chi connectivity index (χ0) is 21.5. The predicted molar refractivity (Wildman–Crippen MR) is 112 cm³/mol. The van der Waals surface area contributed by atoms with E-state index in [-0.39, 0.29) is 5.78 Å². The molecule has 0 radical (unpaired) electrons. The minimum atomic E-state index is -0.976. The fraction of sp³-hybridized carbons (Fsp3) is 0.348. The van der Waals surface area contributed by atoms with Crippen molar-refractivity contribution in [1.29, 1.82) is 0 Å². The molecule has 1 amide bonds. The van der Waals surface area contributed by atoms with Crippen molar-refractivity contribution in [3.63, 3.8) is 0 Å². The lowest BCUT2D eigenvalue weighted by Crippen LogP contribution is -3.12. The molecule has 0 bridgehead atoms. The van der Waals surface area contributed by atoms with Gasteiger partial charge in [-0.3, -0.25) is 9.59 Å². The van der Waals surface area contributed by atoms with Crippen molar-refractivity contribution < 1.29 is 28.8 Å². The van der Waals surface area contributed by atoms with Crippen molar-refractivity contribution in [1.82, 2.24) is 0 Å². The Bertz CT molecular complexity index is 904. The summed E-state index contributed by atoms with van der Waals surface area (Å²) in [6, 6.07) is 13.9. The maximum Gasteiger partial charge on any atom is 0.338 e. The van der Waals surface area contributed by atoms with E-state index in [1.165, 1.54) is 18.7 Å². The molecule has 0 unspecified atom stereocenters.